The van der Waals surface area contributed by atoms with Crippen LogP contribution in [0.5, 0.6) is 0 Å². The normalized spacial score (nSPS) is 12.9. The molecule has 1 aromatic heterocycles. The predicted molar refractivity (Wildman–Crippen MR) is 74.3 cm³/mol. The van der Waals surface area contributed by atoms with E-state index < -0.39 is 0 Å². The number of unbranched alkanes of at least 4 members (excludes halogenated alkanes) is 1. The average Bonchev–Trinajstić information content (AvgIpc) is 2.74. The molecule has 0 aliphatic heterocycles. The van der Waals surface area contributed by atoms with E-state index in [0.29, 0.717) is 19.1 Å². The number of hydrogen-bond acceptors (Lipinski definition) is 3. The van der Waals surface area contributed by atoms with Crippen LogP contribution in [-0.2, 0) is 17.9 Å². The molecule has 1 aromatic rings. The number of nitrogens with two attached hydrogens (primary N) is 1. The first-order valence-electron chi connectivity index (χ1n) is 7.07. The standard InChI is InChI=1S/C15H27NO2/c1-4-6-7-13(5-2)10-17-11-15-8-14(9-16)12(3)18-15/h8,13H,4-7,9-11,16H2,1-3H3. The molecule has 3 nitrogen and oxygen atoms in total. The summed E-state index contributed by atoms with van der Waals surface area (Å²) in [5.41, 5.74) is 6.69. The summed E-state index contributed by atoms with van der Waals surface area (Å²) in [6.45, 7) is 8.32. The molecular weight excluding hydrogens is 226 g/mol. The number of hydrogen-bond donors (Lipinski definition) is 1. The molecule has 0 spiro atoms. The molecule has 1 unspecified atom stereocenters. The maximum atomic E-state index is 5.75. The maximum absolute atomic E-state index is 5.75. The van der Waals surface area contributed by atoms with E-state index in [1.807, 2.05) is 13.0 Å². The van der Waals surface area contributed by atoms with Gasteiger partial charge in [0.15, 0.2) is 0 Å². The Morgan fingerprint density at radius 3 is 2.72 bits per heavy atom. The molecule has 0 saturated heterocycles. The van der Waals surface area contributed by atoms with Gasteiger partial charge in [-0.05, 0) is 25.3 Å². The summed E-state index contributed by atoms with van der Waals surface area (Å²) in [4.78, 5) is 0. The van der Waals surface area contributed by atoms with Crippen LogP contribution >= 0.6 is 0 Å². The predicted octanol–water partition coefficient (Wildman–Crippen LogP) is 3.78. The molecule has 0 aromatic carbocycles. The molecular formula is C15H27NO2. The van der Waals surface area contributed by atoms with Crippen LogP contribution in [-0.4, -0.2) is 6.61 Å². The summed E-state index contributed by atoms with van der Waals surface area (Å²) >= 11 is 0. The van der Waals surface area contributed by atoms with Crippen molar-refractivity contribution in [2.75, 3.05) is 6.61 Å². The van der Waals surface area contributed by atoms with Crippen molar-refractivity contribution in [1.82, 2.24) is 0 Å². The van der Waals surface area contributed by atoms with Gasteiger partial charge in [-0.3, -0.25) is 0 Å². The minimum atomic E-state index is 0.531. The van der Waals surface area contributed by atoms with E-state index in [4.69, 9.17) is 14.9 Å². The van der Waals surface area contributed by atoms with Crippen molar-refractivity contribution in [2.45, 2.75) is 59.6 Å². The van der Waals surface area contributed by atoms with E-state index in [9.17, 15) is 0 Å². The van der Waals surface area contributed by atoms with Gasteiger partial charge in [0.1, 0.15) is 18.1 Å². The van der Waals surface area contributed by atoms with Crippen molar-refractivity contribution in [3.8, 4) is 0 Å². The zero-order valence-corrected chi connectivity index (χ0v) is 12.0. The third-order valence-electron chi connectivity index (χ3n) is 3.43. The molecule has 0 aliphatic rings. The van der Waals surface area contributed by atoms with Gasteiger partial charge < -0.3 is 14.9 Å². The average molecular weight is 253 g/mol. The lowest BCUT2D eigenvalue weighted by Crippen LogP contribution is -2.08. The largest absolute Gasteiger partial charge is 0.464 e. The van der Waals surface area contributed by atoms with Crippen LogP contribution in [0.3, 0.4) is 0 Å². The highest BCUT2D eigenvalue weighted by Crippen LogP contribution is 2.17. The molecule has 2 N–H and O–H groups in total. The third-order valence-corrected chi connectivity index (χ3v) is 3.43. The maximum Gasteiger partial charge on any atom is 0.130 e. The summed E-state index contributed by atoms with van der Waals surface area (Å²) in [6, 6.07) is 2.00. The first-order chi connectivity index (χ1) is 8.71. The Kier molecular flexibility index (Phi) is 7.06. The Morgan fingerprint density at radius 2 is 2.17 bits per heavy atom. The molecule has 0 saturated carbocycles. The molecule has 3 heteroatoms. The van der Waals surface area contributed by atoms with E-state index >= 15 is 0 Å². The van der Waals surface area contributed by atoms with E-state index in [1.54, 1.807) is 0 Å². The molecule has 0 aliphatic carbocycles. The fourth-order valence-electron chi connectivity index (χ4n) is 2.09. The van der Waals surface area contributed by atoms with E-state index in [-0.39, 0.29) is 0 Å². The van der Waals surface area contributed by atoms with Gasteiger partial charge in [0.2, 0.25) is 0 Å². The first kappa shape index (κ1) is 15.3. The fourth-order valence-corrected chi connectivity index (χ4v) is 2.09. The Bertz CT molecular complexity index is 333. The summed E-state index contributed by atoms with van der Waals surface area (Å²) in [7, 11) is 0. The molecule has 0 amide bonds. The van der Waals surface area contributed by atoms with Gasteiger partial charge >= 0.3 is 0 Å². The van der Waals surface area contributed by atoms with E-state index in [0.717, 1.165) is 23.7 Å². The lowest BCUT2D eigenvalue weighted by Gasteiger charge is -2.13. The summed E-state index contributed by atoms with van der Waals surface area (Å²) in [5, 5.41) is 0. The van der Waals surface area contributed by atoms with E-state index in [2.05, 4.69) is 13.8 Å². The Hall–Kier alpha value is -0.800. The minimum Gasteiger partial charge on any atom is -0.464 e. The quantitative estimate of drug-likeness (QED) is 0.728. The number of ether oxygens (including phenoxy) is 1. The summed E-state index contributed by atoms with van der Waals surface area (Å²) in [6.07, 6.45) is 5.00. The zero-order valence-electron chi connectivity index (χ0n) is 12.0. The van der Waals surface area contributed by atoms with Crippen LogP contribution < -0.4 is 5.73 Å². The van der Waals surface area contributed by atoms with Crippen LogP contribution in [0.4, 0.5) is 0 Å². The summed E-state index contributed by atoms with van der Waals surface area (Å²) in [5.74, 6) is 2.47. The van der Waals surface area contributed by atoms with Gasteiger partial charge in [-0.1, -0.05) is 33.1 Å². The van der Waals surface area contributed by atoms with E-state index in [1.165, 1.54) is 25.7 Å². The van der Waals surface area contributed by atoms with Crippen LogP contribution in [0.1, 0.15) is 56.6 Å². The van der Waals surface area contributed by atoms with Crippen LogP contribution in [0.15, 0.2) is 10.5 Å². The second kappa shape index (κ2) is 8.33. The molecule has 0 bridgehead atoms. The second-order valence-electron chi connectivity index (χ2n) is 4.93. The van der Waals surface area contributed by atoms with Crippen LogP contribution in [0.2, 0.25) is 0 Å². The second-order valence-corrected chi connectivity index (χ2v) is 4.93. The first-order valence-corrected chi connectivity index (χ1v) is 7.07. The third kappa shape index (κ3) is 4.83. The molecule has 1 heterocycles. The Morgan fingerprint density at radius 1 is 1.39 bits per heavy atom. The minimum absolute atomic E-state index is 0.531. The van der Waals surface area contributed by atoms with Gasteiger partial charge in [0, 0.05) is 18.7 Å². The van der Waals surface area contributed by atoms with Crippen molar-refractivity contribution in [3.63, 3.8) is 0 Å². The monoisotopic (exact) mass is 253 g/mol. The smallest absolute Gasteiger partial charge is 0.130 e. The highest BCUT2D eigenvalue weighted by Gasteiger charge is 2.09. The van der Waals surface area contributed by atoms with Crippen LogP contribution in [0, 0.1) is 12.8 Å². The van der Waals surface area contributed by atoms with Gasteiger partial charge in [-0.2, -0.15) is 0 Å². The Labute approximate surface area is 111 Å². The SMILES string of the molecule is CCCCC(CC)COCc1cc(CN)c(C)o1. The summed E-state index contributed by atoms with van der Waals surface area (Å²) < 4.78 is 11.3. The topological polar surface area (TPSA) is 48.4 Å². The van der Waals surface area contributed by atoms with Crippen molar-refractivity contribution < 1.29 is 9.15 Å². The van der Waals surface area contributed by atoms with Gasteiger partial charge in [0.25, 0.3) is 0 Å². The lowest BCUT2D eigenvalue weighted by atomic mass is 10.0. The van der Waals surface area contributed by atoms with Gasteiger partial charge in [-0.15, -0.1) is 0 Å². The molecule has 1 atom stereocenters. The van der Waals surface area contributed by atoms with Crippen LogP contribution in [0.25, 0.3) is 0 Å². The molecule has 1 rings (SSSR count). The number of furan rings is 1. The number of aryl methyl sites for hydroxylation is 1. The molecule has 18 heavy (non-hydrogen) atoms. The molecule has 0 radical (unpaired) electrons. The number of rotatable bonds is 9. The van der Waals surface area contributed by atoms with Crippen molar-refractivity contribution in [3.05, 3.63) is 23.2 Å². The zero-order chi connectivity index (χ0) is 13.4. The molecule has 104 valence electrons. The van der Waals surface area contributed by atoms with Crippen molar-refractivity contribution in [2.24, 2.45) is 11.7 Å². The van der Waals surface area contributed by atoms with Gasteiger partial charge in [-0.25, -0.2) is 0 Å². The van der Waals surface area contributed by atoms with Gasteiger partial charge in [0.05, 0.1) is 0 Å². The van der Waals surface area contributed by atoms with Crippen molar-refractivity contribution in [1.29, 1.82) is 0 Å². The molecule has 0 fully saturated rings. The highest BCUT2D eigenvalue weighted by molar-refractivity contribution is 5.19. The lowest BCUT2D eigenvalue weighted by molar-refractivity contribution is 0.0705. The highest BCUT2D eigenvalue weighted by atomic mass is 16.5. The van der Waals surface area contributed by atoms with Crippen molar-refractivity contribution >= 4 is 0 Å². The Balaban J connectivity index is 2.31. The fraction of sp³-hybridized carbons (Fsp3) is 0.733.